The molecule has 2 heteroatoms. The molecule has 106 valence electrons. The zero-order valence-corrected chi connectivity index (χ0v) is 12.7. The lowest BCUT2D eigenvalue weighted by molar-refractivity contribution is 0.369. The number of aryl methyl sites for hydroxylation is 1. The van der Waals surface area contributed by atoms with E-state index in [9.17, 15) is 0 Å². The van der Waals surface area contributed by atoms with Crippen molar-refractivity contribution in [2.45, 2.75) is 58.5 Å². The molecule has 1 aromatic rings. The van der Waals surface area contributed by atoms with E-state index < -0.39 is 0 Å². The van der Waals surface area contributed by atoms with E-state index in [0.29, 0.717) is 12.1 Å². The van der Waals surface area contributed by atoms with E-state index in [4.69, 9.17) is 0 Å². The maximum atomic E-state index is 3.71. The quantitative estimate of drug-likeness (QED) is 0.870. The average Bonchev–Trinajstić information content (AvgIpc) is 2.47. The van der Waals surface area contributed by atoms with Crippen LogP contribution in [0.2, 0.25) is 0 Å². The van der Waals surface area contributed by atoms with Crippen LogP contribution in [0.1, 0.15) is 45.6 Å². The molecule has 1 aliphatic heterocycles. The van der Waals surface area contributed by atoms with Crippen molar-refractivity contribution >= 4 is 5.69 Å². The lowest BCUT2D eigenvalue weighted by Crippen LogP contribution is -2.56. The van der Waals surface area contributed by atoms with Gasteiger partial charge in [-0.05, 0) is 37.0 Å². The van der Waals surface area contributed by atoms with Gasteiger partial charge in [-0.25, -0.2) is 0 Å². The maximum absolute atomic E-state index is 3.71. The summed E-state index contributed by atoms with van der Waals surface area (Å²) in [6.45, 7) is 9.07. The molecule has 2 nitrogen and oxygen atoms in total. The zero-order valence-electron chi connectivity index (χ0n) is 12.7. The normalized spacial score (nSPS) is 23.6. The highest BCUT2D eigenvalue weighted by molar-refractivity contribution is 5.50. The summed E-state index contributed by atoms with van der Waals surface area (Å²) in [7, 11) is 0. The molecule has 0 radical (unpaired) electrons. The van der Waals surface area contributed by atoms with Crippen molar-refractivity contribution in [1.82, 2.24) is 5.32 Å². The summed E-state index contributed by atoms with van der Waals surface area (Å²) < 4.78 is 0. The van der Waals surface area contributed by atoms with Crippen molar-refractivity contribution < 1.29 is 0 Å². The van der Waals surface area contributed by atoms with Gasteiger partial charge in [0.05, 0.1) is 0 Å². The SMILES string of the molecule is CCCC1CN(c2cccc(CC)c2)C(CC)CN1. The van der Waals surface area contributed by atoms with Crippen LogP contribution in [-0.4, -0.2) is 25.2 Å². The summed E-state index contributed by atoms with van der Waals surface area (Å²) in [5.74, 6) is 0. The maximum Gasteiger partial charge on any atom is 0.0412 e. The molecule has 0 saturated carbocycles. The second-order valence-electron chi connectivity index (χ2n) is 5.63. The number of benzene rings is 1. The van der Waals surface area contributed by atoms with E-state index in [0.717, 1.165) is 19.5 Å². The third-order valence-electron chi connectivity index (χ3n) is 4.26. The summed E-state index contributed by atoms with van der Waals surface area (Å²) in [6.07, 6.45) is 4.87. The molecule has 0 amide bonds. The summed E-state index contributed by atoms with van der Waals surface area (Å²) in [5, 5.41) is 3.71. The first-order chi connectivity index (χ1) is 9.28. The lowest BCUT2D eigenvalue weighted by atomic mass is 10.0. The van der Waals surface area contributed by atoms with Crippen molar-refractivity contribution in [1.29, 1.82) is 0 Å². The first-order valence-electron chi connectivity index (χ1n) is 7.87. The van der Waals surface area contributed by atoms with E-state index in [1.165, 1.54) is 30.5 Å². The molecular weight excluding hydrogens is 232 g/mol. The minimum atomic E-state index is 0.639. The molecule has 2 unspecified atom stereocenters. The van der Waals surface area contributed by atoms with Gasteiger partial charge < -0.3 is 10.2 Å². The van der Waals surface area contributed by atoms with Crippen LogP contribution in [-0.2, 0) is 6.42 Å². The number of nitrogens with zero attached hydrogens (tertiary/aromatic N) is 1. The number of anilines is 1. The molecule has 1 fully saturated rings. The summed E-state index contributed by atoms with van der Waals surface area (Å²) in [5.41, 5.74) is 2.85. The van der Waals surface area contributed by atoms with Gasteiger partial charge in [0.15, 0.2) is 0 Å². The van der Waals surface area contributed by atoms with Crippen LogP contribution >= 0.6 is 0 Å². The van der Waals surface area contributed by atoms with Crippen LogP contribution < -0.4 is 10.2 Å². The molecule has 0 spiro atoms. The minimum Gasteiger partial charge on any atom is -0.366 e. The highest BCUT2D eigenvalue weighted by Gasteiger charge is 2.26. The Balaban J connectivity index is 2.16. The molecule has 1 N–H and O–H groups in total. The summed E-state index contributed by atoms with van der Waals surface area (Å²) in [6, 6.07) is 10.4. The van der Waals surface area contributed by atoms with E-state index in [1.807, 2.05) is 0 Å². The Morgan fingerprint density at radius 3 is 2.79 bits per heavy atom. The van der Waals surface area contributed by atoms with E-state index >= 15 is 0 Å². The fraction of sp³-hybridized carbons (Fsp3) is 0.647. The van der Waals surface area contributed by atoms with Crippen LogP contribution in [0.4, 0.5) is 5.69 Å². The first kappa shape index (κ1) is 14.4. The number of hydrogen-bond donors (Lipinski definition) is 1. The van der Waals surface area contributed by atoms with Crippen molar-refractivity contribution in [3.63, 3.8) is 0 Å². The Kier molecular flexibility index (Phi) is 5.26. The van der Waals surface area contributed by atoms with Gasteiger partial charge in [-0.1, -0.05) is 39.3 Å². The fourth-order valence-corrected chi connectivity index (χ4v) is 3.04. The monoisotopic (exact) mass is 260 g/mol. The fourth-order valence-electron chi connectivity index (χ4n) is 3.04. The van der Waals surface area contributed by atoms with E-state index in [1.54, 1.807) is 0 Å². The first-order valence-corrected chi connectivity index (χ1v) is 7.87. The van der Waals surface area contributed by atoms with Crippen LogP contribution in [0.25, 0.3) is 0 Å². The Labute approximate surface area is 118 Å². The van der Waals surface area contributed by atoms with Gasteiger partial charge in [0.2, 0.25) is 0 Å². The third kappa shape index (κ3) is 3.50. The van der Waals surface area contributed by atoms with Gasteiger partial charge in [-0.15, -0.1) is 0 Å². The Bertz CT molecular complexity index is 389. The molecular formula is C17H28N2. The molecule has 2 atom stereocenters. The standard InChI is InChI=1S/C17H28N2/c1-4-8-15-13-19(16(6-3)12-18-15)17-10-7-9-14(5-2)11-17/h7,9-11,15-16,18H,4-6,8,12-13H2,1-3H3. The molecule has 2 rings (SSSR count). The predicted molar refractivity (Wildman–Crippen MR) is 83.9 cm³/mol. The molecule has 19 heavy (non-hydrogen) atoms. The molecule has 0 aliphatic carbocycles. The molecule has 1 aliphatic rings. The summed E-state index contributed by atoms with van der Waals surface area (Å²) >= 11 is 0. The molecule has 0 aromatic heterocycles. The van der Waals surface area contributed by atoms with Crippen LogP contribution in [0, 0.1) is 0 Å². The number of hydrogen-bond acceptors (Lipinski definition) is 2. The molecule has 1 aromatic carbocycles. The van der Waals surface area contributed by atoms with Crippen molar-refractivity contribution in [3.8, 4) is 0 Å². The van der Waals surface area contributed by atoms with Gasteiger partial charge in [-0.2, -0.15) is 0 Å². The van der Waals surface area contributed by atoms with Crippen LogP contribution in [0.5, 0.6) is 0 Å². The van der Waals surface area contributed by atoms with Crippen LogP contribution in [0.15, 0.2) is 24.3 Å². The van der Waals surface area contributed by atoms with Gasteiger partial charge in [0, 0.05) is 30.9 Å². The number of piperazine rings is 1. The third-order valence-corrected chi connectivity index (χ3v) is 4.26. The smallest absolute Gasteiger partial charge is 0.0412 e. The average molecular weight is 260 g/mol. The van der Waals surface area contributed by atoms with E-state index in [2.05, 4.69) is 55.3 Å². The number of rotatable bonds is 5. The van der Waals surface area contributed by atoms with Gasteiger partial charge in [0.25, 0.3) is 0 Å². The van der Waals surface area contributed by atoms with Gasteiger partial charge >= 0.3 is 0 Å². The molecule has 1 saturated heterocycles. The highest BCUT2D eigenvalue weighted by Crippen LogP contribution is 2.23. The minimum absolute atomic E-state index is 0.639. The predicted octanol–water partition coefficient (Wildman–Crippen LogP) is 3.61. The van der Waals surface area contributed by atoms with Gasteiger partial charge in [-0.3, -0.25) is 0 Å². The number of nitrogens with one attached hydrogen (secondary N) is 1. The topological polar surface area (TPSA) is 15.3 Å². The van der Waals surface area contributed by atoms with E-state index in [-0.39, 0.29) is 0 Å². The Morgan fingerprint density at radius 1 is 1.26 bits per heavy atom. The van der Waals surface area contributed by atoms with Crippen molar-refractivity contribution in [2.75, 3.05) is 18.0 Å². The molecule has 1 heterocycles. The Morgan fingerprint density at radius 2 is 2.11 bits per heavy atom. The summed E-state index contributed by atoms with van der Waals surface area (Å²) in [4.78, 5) is 2.62. The van der Waals surface area contributed by atoms with Crippen molar-refractivity contribution in [2.24, 2.45) is 0 Å². The highest BCUT2D eigenvalue weighted by atomic mass is 15.2. The molecule has 0 bridgehead atoms. The van der Waals surface area contributed by atoms with Crippen molar-refractivity contribution in [3.05, 3.63) is 29.8 Å². The largest absolute Gasteiger partial charge is 0.366 e. The van der Waals surface area contributed by atoms with Gasteiger partial charge in [0.1, 0.15) is 0 Å². The lowest BCUT2D eigenvalue weighted by Gasteiger charge is -2.42. The second kappa shape index (κ2) is 6.95. The van der Waals surface area contributed by atoms with Crippen LogP contribution in [0.3, 0.4) is 0 Å². The Hall–Kier alpha value is -1.02. The zero-order chi connectivity index (χ0) is 13.7. The second-order valence-corrected chi connectivity index (χ2v) is 5.63.